The average Bonchev–Trinajstić information content (AvgIpc) is 2.99. The molecule has 218 valence electrons. The van der Waals surface area contributed by atoms with Crippen molar-refractivity contribution in [2.75, 3.05) is 42.3 Å². The number of hydrogen-bond acceptors (Lipinski definition) is 7. The zero-order valence-corrected chi connectivity index (χ0v) is 23.1. The summed E-state index contributed by atoms with van der Waals surface area (Å²) in [4.78, 5) is 39.3. The summed E-state index contributed by atoms with van der Waals surface area (Å²) in [5, 5.41) is 8.36. The van der Waals surface area contributed by atoms with Crippen molar-refractivity contribution in [1.82, 2.24) is 10.3 Å². The molecule has 0 radical (unpaired) electrons. The van der Waals surface area contributed by atoms with Crippen LogP contribution < -0.4 is 20.9 Å². The van der Waals surface area contributed by atoms with Gasteiger partial charge in [-0.2, -0.15) is 13.2 Å². The summed E-state index contributed by atoms with van der Waals surface area (Å²) < 4.78 is 39.3. The molecule has 0 aliphatic carbocycles. The third kappa shape index (κ3) is 7.39. The van der Waals surface area contributed by atoms with Crippen molar-refractivity contribution in [2.45, 2.75) is 19.5 Å². The summed E-state index contributed by atoms with van der Waals surface area (Å²) in [6.45, 7) is 7.05. The second-order valence-electron chi connectivity index (χ2n) is 9.49. The number of nitrogens with one attached hydrogen (secondary N) is 3. The van der Waals surface area contributed by atoms with Gasteiger partial charge in [-0.3, -0.25) is 19.6 Å². The second-order valence-corrected chi connectivity index (χ2v) is 9.49. The first-order chi connectivity index (χ1) is 20.1. The van der Waals surface area contributed by atoms with Gasteiger partial charge in [0.25, 0.3) is 11.8 Å². The highest BCUT2D eigenvalue weighted by Gasteiger charge is 2.31. The standard InChI is InChI=1S/C30H30F3N7O2/c1-19-7-8-23(39-28(41)20-5-4-6-22(13-20)30(31,32)33)14-27(19)40-12-11-25(34-2)21(17-40)15-36-18-38-24-9-10-26(37-16-24)29(42)35-3/h4-10,13-16,38H,2,11-12,17-18H2,1,3H3,(H,35,42)(H,39,41). The molecular formula is C30H30F3N7O2. The molecule has 0 bridgehead atoms. The van der Waals surface area contributed by atoms with Gasteiger partial charge >= 0.3 is 6.18 Å². The molecule has 1 aliphatic heterocycles. The molecule has 1 aromatic heterocycles. The average molecular weight is 578 g/mol. The van der Waals surface area contributed by atoms with E-state index in [2.05, 4.69) is 42.5 Å². The first kappa shape index (κ1) is 30.0. The van der Waals surface area contributed by atoms with Crippen LogP contribution in [0.2, 0.25) is 0 Å². The van der Waals surface area contributed by atoms with Gasteiger partial charge in [0.15, 0.2) is 0 Å². The number of anilines is 3. The summed E-state index contributed by atoms with van der Waals surface area (Å²) in [5.41, 5.74) is 4.06. The number of alkyl halides is 3. The van der Waals surface area contributed by atoms with Crippen LogP contribution in [0, 0.1) is 6.92 Å². The highest BCUT2D eigenvalue weighted by Crippen LogP contribution is 2.31. The van der Waals surface area contributed by atoms with Crippen LogP contribution in [0.15, 0.2) is 82.0 Å². The number of carbonyl (C=O) groups is 2. The van der Waals surface area contributed by atoms with Crippen molar-refractivity contribution in [2.24, 2.45) is 9.98 Å². The van der Waals surface area contributed by atoms with E-state index in [1.54, 1.807) is 43.7 Å². The van der Waals surface area contributed by atoms with E-state index in [9.17, 15) is 22.8 Å². The van der Waals surface area contributed by atoms with Gasteiger partial charge in [-0.25, -0.2) is 4.98 Å². The fourth-order valence-electron chi connectivity index (χ4n) is 4.40. The van der Waals surface area contributed by atoms with E-state index in [1.165, 1.54) is 12.1 Å². The molecule has 0 saturated carbocycles. The number of aliphatic imine (C=N–C) groups is 2. The summed E-state index contributed by atoms with van der Waals surface area (Å²) in [6.07, 6.45) is -0.616. The molecule has 9 nitrogen and oxygen atoms in total. The van der Waals surface area contributed by atoms with Gasteiger partial charge < -0.3 is 20.9 Å². The monoisotopic (exact) mass is 577 g/mol. The maximum atomic E-state index is 13.1. The van der Waals surface area contributed by atoms with E-state index in [4.69, 9.17) is 0 Å². The van der Waals surface area contributed by atoms with Crippen LogP contribution in [0.1, 0.15) is 38.4 Å². The summed E-state index contributed by atoms with van der Waals surface area (Å²) in [5.74, 6) is -0.900. The van der Waals surface area contributed by atoms with E-state index in [0.29, 0.717) is 36.6 Å². The molecule has 1 aliphatic rings. The van der Waals surface area contributed by atoms with Crippen molar-refractivity contribution in [3.63, 3.8) is 0 Å². The van der Waals surface area contributed by atoms with E-state index in [-0.39, 0.29) is 18.1 Å². The summed E-state index contributed by atoms with van der Waals surface area (Å²) in [6, 6.07) is 13.0. The van der Waals surface area contributed by atoms with Crippen LogP contribution in [-0.4, -0.2) is 56.5 Å². The fraction of sp³-hybridized carbons (Fsp3) is 0.233. The van der Waals surface area contributed by atoms with Gasteiger partial charge in [0.2, 0.25) is 0 Å². The fourth-order valence-corrected chi connectivity index (χ4v) is 4.40. The van der Waals surface area contributed by atoms with Gasteiger partial charge in [0, 0.05) is 61.0 Å². The smallest absolute Gasteiger partial charge is 0.366 e. The second kappa shape index (κ2) is 13.1. The number of hydrogen-bond donors (Lipinski definition) is 3. The number of aryl methyl sites for hydroxylation is 1. The maximum Gasteiger partial charge on any atom is 0.416 e. The number of benzene rings is 2. The Morgan fingerprint density at radius 1 is 1.10 bits per heavy atom. The summed E-state index contributed by atoms with van der Waals surface area (Å²) >= 11 is 0. The minimum atomic E-state index is -4.54. The predicted octanol–water partition coefficient (Wildman–Crippen LogP) is 5.33. The highest BCUT2D eigenvalue weighted by atomic mass is 19.4. The third-order valence-corrected chi connectivity index (χ3v) is 6.65. The number of rotatable bonds is 9. The SMILES string of the molecule is C=NC1=C(C=NCNc2ccc(C(=O)NC)nc2)CN(c2cc(NC(=O)c3cccc(C(F)(F)F)c3)ccc2C)CC1. The topological polar surface area (TPSA) is 111 Å². The zero-order valence-electron chi connectivity index (χ0n) is 23.1. The van der Waals surface area contributed by atoms with Crippen LogP contribution in [0.3, 0.4) is 0 Å². The van der Waals surface area contributed by atoms with Crippen LogP contribution in [-0.2, 0) is 6.18 Å². The lowest BCUT2D eigenvalue weighted by Crippen LogP contribution is -2.32. The van der Waals surface area contributed by atoms with Crippen LogP contribution >= 0.6 is 0 Å². The van der Waals surface area contributed by atoms with Crippen molar-refractivity contribution < 1.29 is 22.8 Å². The lowest BCUT2D eigenvalue weighted by Gasteiger charge is -2.31. The number of aromatic nitrogens is 1. The molecule has 0 spiro atoms. The molecule has 0 atom stereocenters. The third-order valence-electron chi connectivity index (χ3n) is 6.65. The Morgan fingerprint density at radius 2 is 1.88 bits per heavy atom. The van der Waals surface area contributed by atoms with E-state index in [1.807, 2.05) is 13.0 Å². The quantitative estimate of drug-likeness (QED) is 0.298. The molecule has 2 heterocycles. The Balaban J connectivity index is 1.43. The molecule has 4 rings (SSSR count). The number of nitrogens with zero attached hydrogens (tertiary/aromatic N) is 4. The first-order valence-corrected chi connectivity index (χ1v) is 13.0. The van der Waals surface area contributed by atoms with Crippen LogP contribution in [0.25, 0.3) is 0 Å². The lowest BCUT2D eigenvalue weighted by molar-refractivity contribution is -0.137. The zero-order chi connectivity index (χ0) is 30.3. The Morgan fingerprint density at radius 3 is 2.57 bits per heavy atom. The van der Waals surface area contributed by atoms with Gasteiger partial charge in [-0.1, -0.05) is 12.1 Å². The molecule has 3 aromatic rings. The van der Waals surface area contributed by atoms with E-state index < -0.39 is 17.6 Å². The van der Waals surface area contributed by atoms with Crippen molar-refractivity contribution in [3.05, 3.63) is 94.4 Å². The maximum absolute atomic E-state index is 13.1. The normalized spacial score (nSPS) is 13.7. The largest absolute Gasteiger partial charge is 0.416 e. The number of amides is 2. The lowest BCUT2D eigenvalue weighted by atomic mass is 10.0. The van der Waals surface area contributed by atoms with Gasteiger partial charge in [0.05, 0.1) is 17.4 Å². The van der Waals surface area contributed by atoms with Gasteiger partial charge in [-0.05, 0) is 61.7 Å². The van der Waals surface area contributed by atoms with Gasteiger partial charge in [-0.15, -0.1) is 0 Å². The van der Waals surface area contributed by atoms with Crippen molar-refractivity contribution >= 4 is 41.8 Å². The molecule has 3 N–H and O–H groups in total. The van der Waals surface area contributed by atoms with E-state index >= 15 is 0 Å². The first-order valence-electron chi connectivity index (χ1n) is 13.0. The number of halogens is 3. The van der Waals surface area contributed by atoms with E-state index in [0.717, 1.165) is 34.7 Å². The van der Waals surface area contributed by atoms with Gasteiger partial charge in [0.1, 0.15) is 12.4 Å². The molecule has 0 fully saturated rings. The van der Waals surface area contributed by atoms with Crippen LogP contribution in [0.5, 0.6) is 0 Å². The number of carbonyl (C=O) groups excluding carboxylic acids is 2. The Labute approximate surface area is 241 Å². The Hall–Kier alpha value is -5.00. The highest BCUT2D eigenvalue weighted by molar-refractivity contribution is 6.04. The molecule has 0 unspecified atom stereocenters. The molecule has 12 heteroatoms. The molecule has 2 amide bonds. The van der Waals surface area contributed by atoms with Crippen LogP contribution in [0.4, 0.5) is 30.2 Å². The Kier molecular flexibility index (Phi) is 9.35. The molecule has 2 aromatic carbocycles. The van der Waals surface area contributed by atoms with Crippen molar-refractivity contribution in [1.29, 1.82) is 0 Å². The molecular weight excluding hydrogens is 547 g/mol. The summed E-state index contributed by atoms with van der Waals surface area (Å²) in [7, 11) is 1.54. The molecule has 42 heavy (non-hydrogen) atoms. The number of pyridine rings is 1. The minimum absolute atomic E-state index is 0.0835. The Bertz CT molecular complexity index is 1530. The van der Waals surface area contributed by atoms with Crippen molar-refractivity contribution in [3.8, 4) is 0 Å². The minimum Gasteiger partial charge on any atom is -0.366 e. The molecule has 0 saturated heterocycles. The predicted molar refractivity (Wildman–Crippen MR) is 159 cm³/mol.